The fraction of sp³-hybridized carbons (Fsp3) is 0.417. The van der Waals surface area contributed by atoms with Gasteiger partial charge < -0.3 is 20.1 Å². The van der Waals surface area contributed by atoms with Crippen LogP contribution < -0.4 is 10.1 Å². The Bertz CT molecular complexity index is 888. The number of benzene rings is 2. The molecule has 160 valence electrons. The molecule has 0 bridgehead atoms. The van der Waals surface area contributed by atoms with Crippen LogP contribution in [-0.4, -0.2) is 47.1 Å². The molecule has 6 nitrogen and oxygen atoms in total. The zero-order valence-corrected chi connectivity index (χ0v) is 17.8. The molecule has 2 aromatic rings. The number of nitrogens with zero attached hydrogens (tertiary/aromatic N) is 1. The molecule has 6 heteroatoms. The van der Waals surface area contributed by atoms with Gasteiger partial charge in [-0.15, -0.1) is 0 Å². The smallest absolute Gasteiger partial charge is 0.263 e. The fourth-order valence-electron chi connectivity index (χ4n) is 3.74. The number of rotatable bonds is 6. The van der Waals surface area contributed by atoms with Crippen LogP contribution in [0.4, 0.5) is 0 Å². The summed E-state index contributed by atoms with van der Waals surface area (Å²) in [6, 6.07) is 14.3. The number of nitrogens with one attached hydrogen (secondary N) is 1. The number of likely N-dealkylation sites (tertiary alicyclic amines) is 1. The van der Waals surface area contributed by atoms with Crippen molar-refractivity contribution in [3.8, 4) is 11.5 Å². The van der Waals surface area contributed by atoms with Crippen LogP contribution in [0.25, 0.3) is 0 Å². The van der Waals surface area contributed by atoms with E-state index in [9.17, 15) is 14.7 Å². The van der Waals surface area contributed by atoms with Crippen molar-refractivity contribution in [1.29, 1.82) is 0 Å². The van der Waals surface area contributed by atoms with E-state index in [1.807, 2.05) is 24.3 Å². The normalized spacial score (nSPS) is 15.7. The molecule has 0 spiro atoms. The number of carbonyl (C=O) groups excluding carboxylic acids is 2. The fourth-order valence-corrected chi connectivity index (χ4v) is 3.74. The van der Waals surface area contributed by atoms with E-state index in [4.69, 9.17) is 4.74 Å². The number of hydrogen-bond donors (Lipinski definition) is 2. The zero-order chi connectivity index (χ0) is 21.7. The predicted molar refractivity (Wildman–Crippen MR) is 116 cm³/mol. The standard InChI is InChI=1S/C24H30N2O4/c1-16(2)19-8-5-7-11-22(19)30-17(3)24(29)26-14-12-18(13-15-26)25-23(28)20-9-4-6-10-21(20)27/h4-11,16-18,27H,12-15H2,1-3H3,(H,25,28). The van der Waals surface area contributed by atoms with Crippen LogP contribution in [0.2, 0.25) is 0 Å². The van der Waals surface area contributed by atoms with Crippen LogP contribution in [0.1, 0.15) is 55.5 Å². The molecular formula is C24H30N2O4. The molecule has 1 heterocycles. The minimum Gasteiger partial charge on any atom is -0.507 e. The lowest BCUT2D eigenvalue weighted by atomic mass is 10.0. The number of hydrogen-bond acceptors (Lipinski definition) is 4. The van der Waals surface area contributed by atoms with Crippen molar-refractivity contribution in [2.24, 2.45) is 0 Å². The minimum absolute atomic E-state index is 0.0287. The highest BCUT2D eigenvalue weighted by Crippen LogP contribution is 2.27. The highest BCUT2D eigenvalue weighted by atomic mass is 16.5. The molecule has 1 aliphatic rings. The van der Waals surface area contributed by atoms with E-state index in [0.29, 0.717) is 31.8 Å². The number of phenols is 1. The third-order valence-corrected chi connectivity index (χ3v) is 5.48. The lowest BCUT2D eigenvalue weighted by Gasteiger charge is -2.34. The van der Waals surface area contributed by atoms with Crippen LogP contribution >= 0.6 is 0 Å². The maximum absolute atomic E-state index is 12.9. The number of ether oxygens (including phenoxy) is 1. The molecule has 30 heavy (non-hydrogen) atoms. The molecule has 0 saturated carbocycles. The Morgan fingerprint density at radius 3 is 2.33 bits per heavy atom. The van der Waals surface area contributed by atoms with E-state index < -0.39 is 6.10 Å². The predicted octanol–water partition coefficient (Wildman–Crippen LogP) is 3.70. The molecule has 2 amide bonds. The van der Waals surface area contributed by atoms with E-state index in [1.54, 1.807) is 30.0 Å². The van der Waals surface area contributed by atoms with Gasteiger partial charge in [-0.25, -0.2) is 0 Å². The first kappa shape index (κ1) is 21.7. The number of amides is 2. The zero-order valence-electron chi connectivity index (χ0n) is 17.8. The summed E-state index contributed by atoms with van der Waals surface area (Å²) in [5, 5.41) is 12.8. The van der Waals surface area contributed by atoms with Gasteiger partial charge in [0.1, 0.15) is 11.5 Å². The van der Waals surface area contributed by atoms with Crippen molar-refractivity contribution < 1.29 is 19.4 Å². The van der Waals surface area contributed by atoms with Gasteiger partial charge in [0, 0.05) is 19.1 Å². The molecule has 1 unspecified atom stereocenters. The van der Waals surface area contributed by atoms with Gasteiger partial charge in [-0.2, -0.15) is 0 Å². The Morgan fingerprint density at radius 2 is 1.67 bits per heavy atom. The maximum atomic E-state index is 12.9. The van der Waals surface area contributed by atoms with Crippen LogP contribution in [0, 0.1) is 0 Å². The maximum Gasteiger partial charge on any atom is 0.263 e. The average Bonchev–Trinajstić information content (AvgIpc) is 2.74. The number of phenolic OH excluding ortho intramolecular Hbond substituents is 1. The first-order valence-corrected chi connectivity index (χ1v) is 10.5. The summed E-state index contributed by atoms with van der Waals surface area (Å²) in [6.07, 6.45) is 0.762. The summed E-state index contributed by atoms with van der Waals surface area (Å²) in [5.41, 5.74) is 1.35. The van der Waals surface area contributed by atoms with Crippen LogP contribution in [0.15, 0.2) is 48.5 Å². The highest BCUT2D eigenvalue weighted by Gasteiger charge is 2.28. The van der Waals surface area contributed by atoms with Gasteiger partial charge in [-0.05, 0) is 49.4 Å². The van der Waals surface area contributed by atoms with E-state index in [-0.39, 0.29) is 29.2 Å². The lowest BCUT2D eigenvalue weighted by molar-refractivity contribution is -0.139. The molecule has 1 fully saturated rings. The molecule has 0 aromatic heterocycles. The van der Waals surface area contributed by atoms with Crippen molar-refractivity contribution in [1.82, 2.24) is 10.2 Å². The van der Waals surface area contributed by atoms with Gasteiger partial charge in [0.05, 0.1) is 5.56 Å². The average molecular weight is 411 g/mol. The quantitative estimate of drug-likeness (QED) is 0.761. The van der Waals surface area contributed by atoms with Crippen LogP contribution in [-0.2, 0) is 4.79 Å². The summed E-state index contributed by atoms with van der Waals surface area (Å²) in [4.78, 5) is 27.0. The van der Waals surface area contributed by atoms with Crippen molar-refractivity contribution in [3.63, 3.8) is 0 Å². The van der Waals surface area contributed by atoms with Crippen molar-refractivity contribution >= 4 is 11.8 Å². The second-order valence-corrected chi connectivity index (χ2v) is 8.04. The van der Waals surface area contributed by atoms with E-state index in [2.05, 4.69) is 19.2 Å². The van der Waals surface area contributed by atoms with Gasteiger partial charge >= 0.3 is 0 Å². The number of para-hydroxylation sites is 2. The van der Waals surface area contributed by atoms with Gasteiger partial charge in [0.15, 0.2) is 6.10 Å². The summed E-state index contributed by atoms with van der Waals surface area (Å²) in [6.45, 7) is 7.10. The van der Waals surface area contributed by atoms with Crippen molar-refractivity contribution in [2.75, 3.05) is 13.1 Å². The Hall–Kier alpha value is -3.02. The minimum atomic E-state index is -0.572. The van der Waals surface area contributed by atoms with Crippen molar-refractivity contribution in [3.05, 3.63) is 59.7 Å². The third-order valence-electron chi connectivity index (χ3n) is 5.48. The summed E-state index contributed by atoms with van der Waals surface area (Å²) >= 11 is 0. The number of piperidine rings is 1. The molecule has 1 aliphatic heterocycles. The molecule has 2 N–H and O–H groups in total. The van der Waals surface area contributed by atoms with Crippen LogP contribution in [0.3, 0.4) is 0 Å². The second-order valence-electron chi connectivity index (χ2n) is 8.04. The molecule has 1 saturated heterocycles. The topological polar surface area (TPSA) is 78.9 Å². The van der Waals surface area contributed by atoms with Gasteiger partial charge in [0.25, 0.3) is 11.8 Å². The summed E-state index contributed by atoms with van der Waals surface area (Å²) in [7, 11) is 0. The largest absolute Gasteiger partial charge is 0.507 e. The molecule has 0 aliphatic carbocycles. The molecular weight excluding hydrogens is 380 g/mol. The van der Waals surface area contributed by atoms with E-state index in [0.717, 1.165) is 11.3 Å². The van der Waals surface area contributed by atoms with E-state index >= 15 is 0 Å². The van der Waals surface area contributed by atoms with E-state index in [1.165, 1.54) is 6.07 Å². The number of carbonyl (C=O) groups is 2. The van der Waals surface area contributed by atoms with Crippen molar-refractivity contribution in [2.45, 2.75) is 51.7 Å². The Balaban J connectivity index is 1.53. The summed E-state index contributed by atoms with van der Waals surface area (Å²) in [5.74, 6) is 0.694. The monoisotopic (exact) mass is 410 g/mol. The van der Waals surface area contributed by atoms with Crippen LogP contribution in [0.5, 0.6) is 11.5 Å². The summed E-state index contributed by atoms with van der Waals surface area (Å²) < 4.78 is 6.00. The first-order chi connectivity index (χ1) is 14.4. The first-order valence-electron chi connectivity index (χ1n) is 10.5. The Labute approximate surface area is 177 Å². The SMILES string of the molecule is CC(Oc1ccccc1C(C)C)C(=O)N1CCC(NC(=O)c2ccccc2O)CC1. The lowest BCUT2D eigenvalue weighted by Crippen LogP contribution is -2.49. The van der Waals surface area contributed by atoms with Gasteiger partial charge in [-0.1, -0.05) is 44.2 Å². The Kier molecular flexibility index (Phi) is 6.98. The molecule has 0 radical (unpaired) electrons. The number of aromatic hydroxyl groups is 1. The van der Waals surface area contributed by atoms with Gasteiger partial charge in [-0.3, -0.25) is 9.59 Å². The molecule has 3 rings (SSSR count). The second kappa shape index (κ2) is 9.65. The Morgan fingerprint density at radius 1 is 1.03 bits per heavy atom. The molecule has 2 aromatic carbocycles. The highest BCUT2D eigenvalue weighted by molar-refractivity contribution is 5.96. The van der Waals surface area contributed by atoms with Gasteiger partial charge in [0.2, 0.25) is 0 Å². The molecule has 1 atom stereocenters. The third kappa shape index (κ3) is 5.12.